The van der Waals surface area contributed by atoms with Crippen molar-refractivity contribution in [2.75, 3.05) is 0 Å². The van der Waals surface area contributed by atoms with Crippen molar-refractivity contribution in [2.45, 2.75) is 13.3 Å². The Morgan fingerprint density at radius 2 is 1.60 bits per heavy atom. The zero-order chi connectivity index (χ0) is 32.2. The Labute approximate surface area is 275 Å². The van der Waals surface area contributed by atoms with Crippen LogP contribution in [0.2, 0.25) is 0 Å². The zero-order valence-corrected chi connectivity index (χ0v) is 26.3. The second kappa shape index (κ2) is 13.1. The maximum absolute atomic E-state index is 6.37. The van der Waals surface area contributed by atoms with Crippen LogP contribution in [0.4, 0.5) is 0 Å². The number of nitrogens with two attached hydrogens (primary N) is 2. The molecule has 0 radical (unpaired) electrons. The molecule has 7 aromatic rings. The third-order valence-corrected chi connectivity index (χ3v) is 8.64. The third-order valence-electron chi connectivity index (χ3n) is 8.64. The first kappa shape index (κ1) is 29.6. The minimum atomic E-state index is 0.746. The number of aromatic nitrogens is 2. The molecule has 0 atom stereocenters. The minimum absolute atomic E-state index is 0.746. The monoisotopic (exact) mass is 608 g/mol. The van der Waals surface area contributed by atoms with Crippen LogP contribution in [0.15, 0.2) is 164 Å². The maximum Gasteiger partial charge on any atom is 0.0619 e. The van der Waals surface area contributed by atoms with E-state index in [1.807, 2.05) is 37.4 Å². The second-order valence-electron chi connectivity index (χ2n) is 11.6. The molecule has 0 saturated carbocycles. The smallest absolute Gasteiger partial charge is 0.0619 e. The Morgan fingerprint density at radius 1 is 0.766 bits per heavy atom. The molecule has 0 aliphatic heterocycles. The molecule has 0 fully saturated rings. The summed E-state index contributed by atoms with van der Waals surface area (Å²) in [6, 6.07) is 40.9. The first-order valence-corrected chi connectivity index (χ1v) is 15.9. The van der Waals surface area contributed by atoms with Gasteiger partial charge >= 0.3 is 0 Å². The Kier molecular flexibility index (Phi) is 8.23. The van der Waals surface area contributed by atoms with Gasteiger partial charge in [-0.05, 0) is 94.6 Å². The van der Waals surface area contributed by atoms with Gasteiger partial charge in [-0.2, -0.15) is 0 Å². The molecule has 0 saturated heterocycles. The van der Waals surface area contributed by atoms with Crippen molar-refractivity contribution in [1.29, 1.82) is 0 Å². The lowest BCUT2D eigenvalue weighted by molar-refractivity contribution is 1.18. The standard InChI is InChI=1S/C43H36N4/c1-2-3-17-41(45)35-13-8-12-31(26-35)32-18-21-38-34(25-32)20-23-40-39-22-19-33(36(28-44)14-7-10-30-11-9-24-46-29-30)27-42(39)47(43(38)40)37-15-5-4-6-16-37/h2-9,11-29H,10,44-45H2,1H3/b3-2-,14-7-,36-28+,41-17-. The number of nitrogens with zero attached hydrogens (tertiary/aromatic N) is 2. The van der Waals surface area contributed by atoms with Crippen molar-refractivity contribution in [3.05, 3.63) is 181 Å². The highest BCUT2D eigenvalue weighted by atomic mass is 15.0. The third kappa shape index (κ3) is 5.85. The van der Waals surface area contributed by atoms with Gasteiger partial charge in [-0.3, -0.25) is 4.98 Å². The number of fused-ring (bicyclic) bond motifs is 5. The number of hydrogen-bond donors (Lipinski definition) is 2. The molecule has 0 spiro atoms. The number of hydrogen-bond acceptors (Lipinski definition) is 3. The van der Waals surface area contributed by atoms with Crippen LogP contribution in [0.5, 0.6) is 0 Å². The Morgan fingerprint density at radius 3 is 2.40 bits per heavy atom. The molecule has 4 nitrogen and oxygen atoms in total. The van der Waals surface area contributed by atoms with Crippen molar-refractivity contribution >= 4 is 43.8 Å². The predicted molar refractivity (Wildman–Crippen MR) is 200 cm³/mol. The quantitative estimate of drug-likeness (QED) is 0.169. The molecule has 0 amide bonds. The van der Waals surface area contributed by atoms with Crippen LogP contribution in [-0.2, 0) is 6.42 Å². The number of benzene rings is 5. The van der Waals surface area contributed by atoms with Gasteiger partial charge in [0.2, 0.25) is 0 Å². The first-order chi connectivity index (χ1) is 23.1. The second-order valence-corrected chi connectivity index (χ2v) is 11.6. The topological polar surface area (TPSA) is 69.9 Å². The minimum Gasteiger partial charge on any atom is -0.404 e. The molecule has 0 aliphatic carbocycles. The summed E-state index contributed by atoms with van der Waals surface area (Å²) >= 11 is 0. The summed E-state index contributed by atoms with van der Waals surface area (Å²) in [5.41, 5.74) is 23.2. The van der Waals surface area contributed by atoms with E-state index in [0.29, 0.717) is 0 Å². The lowest BCUT2D eigenvalue weighted by Crippen LogP contribution is -1.96. The molecule has 7 rings (SSSR count). The number of rotatable bonds is 8. The molecule has 0 aliphatic rings. The van der Waals surface area contributed by atoms with Gasteiger partial charge in [0.1, 0.15) is 0 Å². The van der Waals surface area contributed by atoms with E-state index in [1.165, 1.54) is 27.1 Å². The van der Waals surface area contributed by atoms with Gasteiger partial charge < -0.3 is 16.0 Å². The summed E-state index contributed by atoms with van der Waals surface area (Å²) in [6.07, 6.45) is 16.3. The fourth-order valence-corrected chi connectivity index (χ4v) is 6.30. The van der Waals surface area contributed by atoms with Gasteiger partial charge in [-0.25, -0.2) is 0 Å². The van der Waals surface area contributed by atoms with E-state index >= 15 is 0 Å². The highest BCUT2D eigenvalue weighted by Gasteiger charge is 2.16. The van der Waals surface area contributed by atoms with E-state index in [9.17, 15) is 0 Å². The van der Waals surface area contributed by atoms with Gasteiger partial charge in [0.25, 0.3) is 0 Å². The summed E-state index contributed by atoms with van der Waals surface area (Å²) in [4.78, 5) is 4.23. The summed E-state index contributed by atoms with van der Waals surface area (Å²) in [7, 11) is 0. The van der Waals surface area contributed by atoms with Crippen LogP contribution in [0, 0.1) is 0 Å². The number of pyridine rings is 1. The van der Waals surface area contributed by atoms with Crippen LogP contribution < -0.4 is 11.5 Å². The fraction of sp³-hybridized carbons (Fsp3) is 0.0465. The first-order valence-electron chi connectivity index (χ1n) is 15.9. The van der Waals surface area contributed by atoms with Crippen LogP contribution in [0.3, 0.4) is 0 Å². The van der Waals surface area contributed by atoms with Crippen molar-refractivity contribution in [3.63, 3.8) is 0 Å². The molecule has 0 bridgehead atoms. The Hall–Kier alpha value is -6.13. The van der Waals surface area contributed by atoms with E-state index < -0.39 is 0 Å². The van der Waals surface area contributed by atoms with E-state index in [2.05, 4.69) is 131 Å². The summed E-state index contributed by atoms with van der Waals surface area (Å²) < 4.78 is 2.39. The summed E-state index contributed by atoms with van der Waals surface area (Å²) in [5.74, 6) is 0. The van der Waals surface area contributed by atoms with Crippen LogP contribution in [0.1, 0.15) is 23.6 Å². The molecule has 2 heterocycles. The molecular formula is C43H36N4. The summed E-state index contributed by atoms with van der Waals surface area (Å²) in [6.45, 7) is 1.99. The highest BCUT2D eigenvalue weighted by Crippen LogP contribution is 2.39. The van der Waals surface area contributed by atoms with Crippen molar-refractivity contribution in [2.24, 2.45) is 11.5 Å². The Balaban J connectivity index is 1.36. The van der Waals surface area contributed by atoms with E-state index in [0.717, 1.165) is 56.7 Å². The molecule has 47 heavy (non-hydrogen) atoms. The largest absolute Gasteiger partial charge is 0.404 e. The molecule has 0 unspecified atom stereocenters. The fourth-order valence-electron chi connectivity index (χ4n) is 6.30. The van der Waals surface area contributed by atoms with Crippen LogP contribution in [0.25, 0.3) is 60.7 Å². The molecular weight excluding hydrogens is 573 g/mol. The molecule has 228 valence electrons. The number of para-hydroxylation sites is 1. The molecule has 2 aromatic heterocycles. The van der Waals surface area contributed by atoms with Crippen molar-refractivity contribution in [1.82, 2.24) is 9.55 Å². The highest BCUT2D eigenvalue weighted by molar-refractivity contribution is 6.19. The number of allylic oxidation sites excluding steroid dienone is 6. The SMILES string of the molecule is C/C=C\C=C(/N)c1cccc(-c2ccc3c(ccc4c5ccc(C(/C=C\Cc6cccnc6)=C/N)cc5n(-c5ccccc5)c34)c2)c1. The lowest BCUT2D eigenvalue weighted by atomic mass is 9.97. The van der Waals surface area contributed by atoms with Gasteiger partial charge in [0.15, 0.2) is 0 Å². The summed E-state index contributed by atoms with van der Waals surface area (Å²) in [5, 5.41) is 4.79. The van der Waals surface area contributed by atoms with Crippen LogP contribution in [-0.4, -0.2) is 9.55 Å². The van der Waals surface area contributed by atoms with Gasteiger partial charge in [-0.15, -0.1) is 0 Å². The molecule has 4 heteroatoms. The van der Waals surface area contributed by atoms with E-state index in [4.69, 9.17) is 11.5 Å². The van der Waals surface area contributed by atoms with Crippen LogP contribution >= 0.6 is 0 Å². The Bertz CT molecular complexity index is 2340. The van der Waals surface area contributed by atoms with Gasteiger partial charge in [0, 0.05) is 46.1 Å². The normalized spacial score (nSPS) is 12.7. The van der Waals surface area contributed by atoms with Crippen molar-refractivity contribution < 1.29 is 0 Å². The molecule has 5 aromatic carbocycles. The van der Waals surface area contributed by atoms with Gasteiger partial charge in [-0.1, -0.05) is 103 Å². The van der Waals surface area contributed by atoms with E-state index in [-0.39, 0.29) is 0 Å². The van der Waals surface area contributed by atoms with E-state index in [1.54, 1.807) is 12.4 Å². The maximum atomic E-state index is 6.37. The van der Waals surface area contributed by atoms with Gasteiger partial charge in [0.05, 0.1) is 11.0 Å². The predicted octanol–water partition coefficient (Wildman–Crippen LogP) is 9.97. The lowest BCUT2D eigenvalue weighted by Gasteiger charge is -2.12. The zero-order valence-electron chi connectivity index (χ0n) is 26.3. The average molecular weight is 609 g/mol. The van der Waals surface area contributed by atoms with Crippen molar-refractivity contribution in [3.8, 4) is 16.8 Å². The average Bonchev–Trinajstić information content (AvgIpc) is 3.47. The molecule has 4 N–H and O–H groups in total.